The van der Waals surface area contributed by atoms with Gasteiger partial charge in [-0.15, -0.1) is 0 Å². The van der Waals surface area contributed by atoms with E-state index < -0.39 is 5.78 Å². The largest absolute Gasteiger partial charge is 0.481 e. The summed E-state index contributed by atoms with van der Waals surface area (Å²) in [6, 6.07) is 4.42. The predicted octanol–water partition coefficient (Wildman–Crippen LogP) is 2.61. The van der Waals surface area contributed by atoms with Crippen LogP contribution in [0.2, 0.25) is 10.0 Å². The second-order valence-electron chi connectivity index (χ2n) is 3.92. The molecule has 1 aromatic carbocycles. The van der Waals surface area contributed by atoms with Gasteiger partial charge in [-0.3, -0.25) is 4.79 Å². The Morgan fingerprint density at radius 1 is 1.10 bits per heavy atom. The Morgan fingerprint density at radius 3 is 2.14 bits per heavy atom. The zero-order valence-electron chi connectivity index (χ0n) is 11.2. The Balaban J connectivity index is 2.57. The maximum Gasteiger partial charge on any atom is 0.234 e. The maximum absolute atomic E-state index is 12.5. The SMILES string of the molecule is COc1cc(OC)nc(C(=O)c2c(Cl)ccc(Cl)c2N)n1. The lowest BCUT2D eigenvalue weighted by Crippen LogP contribution is -2.12. The van der Waals surface area contributed by atoms with Crippen LogP contribution in [0.5, 0.6) is 11.8 Å². The van der Waals surface area contributed by atoms with E-state index in [0.29, 0.717) is 0 Å². The van der Waals surface area contributed by atoms with E-state index in [4.69, 9.17) is 38.4 Å². The number of aromatic nitrogens is 2. The van der Waals surface area contributed by atoms with Crippen LogP contribution >= 0.6 is 23.2 Å². The fourth-order valence-electron chi connectivity index (χ4n) is 1.62. The molecule has 0 fully saturated rings. The van der Waals surface area contributed by atoms with Crippen molar-refractivity contribution in [2.75, 3.05) is 20.0 Å². The van der Waals surface area contributed by atoms with E-state index in [2.05, 4.69) is 9.97 Å². The van der Waals surface area contributed by atoms with E-state index in [1.54, 1.807) is 0 Å². The molecule has 0 saturated heterocycles. The molecule has 0 aliphatic heterocycles. The number of nitrogens with two attached hydrogens (primary N) is 1. The Hall–Kier alpha value is -2.05. The van der Waals surface area contributed by atoms with Gasteiger partial charge in [-0.2, -0.15) is 9.97 Å². The van der Waals surface area contributed by atoms with Crippen molar-refractivity contribution in [2.45, 2.75) is 0 Å². The fourth-order valence-corrected chi connectivity index (χ4v) is 2.03. The first-order valence-electron chi connectivity index (χ1n) is 5.73. The summed E-state index contributed by atoms with van der Waals surface area (Å²) in [5.74, 6) is -0.358. The molecular formula is C13H11Cl2N3O3. The smallest absolute Gasteiger partial charge is 0.234 e. The topological polar surface area (TPSA) is 87.3 Å². The van der Waals surface area contributed by atoms with Crippen molar-refractivity contribution in [1.29, 1.82) is 0 Å². The van der Waals surface area contributed by atoms with Crippen LogP contribution in [0.25, 0.3) is 0 Å². The van der Waals surface area contributed by atoms with Gasteiger partial charge in [0.1, 0.15) is 0 Å². The first-order valence-corrected chi connectivity index (χ1v) is 6.48. The van der Waals surface area contributed by atoms with E-state index >= 15 is 0 Å². The van der Waals surface area contributed by atoms with Gasteiger partial charge >= 0.3 is 0 Å². The Kier molecular flexibility index (Phi) is 4.50. The highest BCUT2D eigenvalue weighted by Crippen LogP contribution is 2.31. The summed E-state index contributed by atoms with van der Waals surface area (Å²) >= 11 is 11.9. The van der Waals surface area contributed by atoms with Gasteiger partial charge in [0.05, 0.1) is 41.6 Å². The number of ketones is 1. The molecule has 6 nitrogen and oxygen atoms in total. The normalized spacial score (nSPS) is 10.3. The first-order chi connectivity index (χ1) is 9.97. The third-order valence-corrected chi connectivity index (χ3v) is 3.31. The van der Waals surface area contributed by atoms with Gasteiger partial charge in [0.25, 0.3) is 0 Å². The van der Waals surface area contributed by atoms with Crippen molar-refractivity contribution in [3.63, 3.8) is 0 Å². The second kappa shape index (κ2) is 6.15. The Morgan fingerprint density at radius 2 is 1.62 bits per heavy atom. The van der Waals surface area contributed by atoms with Crippen LogP contribution in [0.1, 0.15) is 16.2 Å². The summed E-state index contributed by atoms with van der Waals surface area (Å²) in [6.07, 6.45) is 0. The van der Waals surface area contributed by atoms with Crippen LogP contribution in [0, 0.1) is 0 Å². The van der Waals surface area contributed by atoms with Crippen molar-refractivity contribution in [3.05, 3.63) is 39.6 Å². The zero-order chi connectivity index (χ0) is 15.6. The maximum atomic E-state index is 12.5. The highest BCUT2D eigenvalue weighted by Gasteiger charge is 2.22. The predicted molar refractivity (Wildman–Crippen MR) is 79.4 cm³/mol. The Labute approximate surface area is 130 Å². The minimum Gasteiger partial charge on any atom is -0.481 e. The average Bonchev–Trinajstić information content (AvgIpc) is 2.50. The molecule has 21 heavy (non-hydrogen) atoms. The average molecular weight is 328 g/mol. The minimum atomic E-state index is -0.572. The van der Waals surface area contributed by atoms with Crippen LogP contribution in [0.4, 0.5) is 5.69 Å². The number of benzene rings is 1. The van der Waals surface area contributed by atoms with Gasteiger partial charge in [-0.1, -0.05) is 23.2 Å². The molecule has 110 valence electrons. The Bertz CT molecular complexity index is 685. The van der Waals surface area contributed by atoms with Gasteiger partial charge in [0.2, 0.25) is 23.4 Å². The molecule has 2 N–H and O–H groups in total. The van der Waals surface area contributed by atoms with Gasteiger partial charge in [-0.25, -0.2) is 0 Å². The summed E-state index contributed by atoms with van der Waals surface area (Å²) in [6.45, 7) is 0. The molecule has 0 amide bonds. The molecule has 0 unspecified atom stereocenters. The number of carbonyl (C=O) groups excluding carboxylic acids is 1. The number of rotatable bonds is 4. The highest BCUT2D eigenvalue weighted by molar-refractivity contribution is 6.39. The number of nitrogens with zero attached hydrogens (tertiary/aromatic N) is 2. The van der Waals surface area contributed by atoms with Crippen molar-refractivity contribution < 1.29 is 14.3 Å². The number of methoxy groups -OCH3 is 2. The lowest BCUT2D eigenvalue weighted by Gasteiger charge is -2.09. The lowest BCUT2D eigenvalue weighted by atomic mass is 10.1. The summed E-state index contributed by atoms with van der Waals surface area (Å²) in [5.41, 5.74) is 5.92. The van der Waals surface area contributed by atoms with Crippen molar-refractivity contribution in [2.24, 2.45) is 0 Å². The van der Waals surface area contributed by atoms with Crippen molar-refractivity contribution >= 4 is 34.7 Å². The lowest BCUT2D eigenvalue weighted by molar-refractivity contribution is 0.102. The number of ether oxygens (including phenoxy) is 2. The van der Waals surface area contributed by atoms with Gasteiger partial charge < -0.3 is 15.2 Å². The number of hydrogen-bond donors (Lipinski definition) is 1. The molecule has 1 aromatic heterocycles. The van der Waals surface area contributed by atoms with Crippen LogP contribution in [0.3, 0.4) is 0 Å². The summed E-state index contributed by atoms with van der Waals surface area (Å²) in [4.78, 5) is 20.5. The molecule has 1 heterocycles. The standard InChI is InChI=1S/C13H11Cl2N3O3/c1-20-8-5-9(21-2)18-13(17-8)12(19)10-6(14)3-4-7(15)11(10)16/h3-5H,16H2,1-2H3. The zero-order valence-corrected chi connectivity index (χ0v) is 12.7. The molecule has 0 saturated carbocycles. The molecule has 0 aliphatic rings. The van der Waals surface area contributed by atoms with Crippen molar-refractivity contribution in [3.8, 4) is 11.8 Å². The molecular weight excluding hydrogens is 317 g/mol. The quantitative estimate of drug-likeness (QED) is 0.686. The monoisotopic (exact) mass is 327 g/mol. The molecule has 2 rings (SSSR count). The van der Waals surface area contributed by atoms with Crippen molar-refractivity contribution in [1.82, 2.24) is 9.97 Å². The molecule has 2 aromatic rings. The third-order valence-electron chi connectivity index (χ3n) is 2.67. The molecule has 0 atom stereocenters. The summed E-state index contributed by atoms with van der Waals surface area (Å²) in [5, 5.41) is 0.380. The second-order valence-corrected chi connectivity index (χ2v) is 4.74. The molecule has 0 radical (unpaired) electrons. The first kappa shape index (κ1) is 15.3. The third kappa shape index (κ3) is 3.01. The van der Waals surface area contributed by atoms with Crippen LogP contribution in [-0.2, 0) is 0 Å². The molecule has 0 bridgehead atoms. The molecule has 0 aliphatic carbocycles. The number of carbonyl (C=O) groups is 1. The van der Waals surface area contributed by atoms with E-state index in [0.717, 1.165) is 0 Å². The summed E-state index contributed by atoms with van der Waals surface area (Å²) < 4.78 is 9.99. The summed E-state index contributed by atoms with van der Waals surface area (Å²) in [7, 11) is 2.83. The van der Waals surface area contributed by atoms with Gasteiger partial charge in [-0.05, 0) is 12.1 Å². The number of anilines is 1. The fraction of sp³-hybridized carbons (Fsp3) is 0.154. The van der Waals surface area contributed by atoms with E-state index in [1.807, 2.05) is 0 Å². The highest BCUT2D eigenvalue weighted by atomic mass is 35.5. The van der Waals surface area contributed by atoms with Crippen LogP contribution < -0.4 is 15.2 Å². The van der Waals surface area contributed by atoms with E-state index in [-0.39, 0.29) is 38.9 Å². The molecule has 0 spiro atoms. The molecule has 8 heteroatoms. The number of hydrogen-bond acceptors (Lipinski definition) is 6. The van der Waals surface area contributed by atoms with E-state index in [9.17, 15) is 4.79 Å². The van der Waals surface area contributed by atoms with Gasteiger partial charge in [0.15, 0.2) is 0 Å². The minimum absolute atomic E-state index is 0.0412. The van der Waals surface area contributed by atoms with Crippen LogP contribution in [-0.4, -0.2) is 30.0 Å². The number of halogens is 2. The number of nitrogen functional groups attached to an aromatic ring is 1. The van der Waals surface area contributed by atoms with Crippen LogP contribution in [0.15, 0.2) is 18.2 Å². The van der Waals surface area contributed by atoms with Gasteiger partial charge in [0, 0.05) is 0 Å². The van der Waals surface area contributed by atoms with E-state index in [1.165, 1.54) is 32.4 Å².